The van der Waals surface area contributed by atoms with Gasteiger partial charge in [0.1, 0.15) is 11.6 Å². The third-order valence-corrected chi connectivity index (χ3v) is 7.19. The van der Waals surface area contributed by atoms with E-state index in [2.05, 4.69) is 78.4 Å². The maximum absolute atomic E-state index is 10.7. The van der Waals surface area contributed by atoms with Crippen molar-refractivity contribution in [1.82, 2.24) is 19.1 Å². The predicted molar refractivity (Wildman–Crippen MR) is 148 cm³/mol. The Morgan fingerprint density at radius 3 is 1.50 bits per heavy atom. The summed E-state index contributed by atoms with van der Waals surface area (Å²) in [6.45, 7) is 8.83. The molecule has 2 aromatic carbocycles. The molecule has 0 aliphatic heterocycles. The van der Waals surface area contributed by atoms with Gasteiger partial charge in [-0.3, -0.25) is 4.55 Å². The molecule has 0 spiro atoms. The molecule has 0 amide bonds. The van der Waals surface area contributed by atoms with Gasteiger partial charge in [-0.2, -0.15) is 21.6 Å². The summed E-state index contributed by atoms with van der Waals surface area (Å²) < 4.78 is 62.5. The minimum absolute atomic E-state index is 0. The molecule has 0 saturated heterocycles. The van der Waals surface area contributed by atoms with Gasteiger partial charge in [0.05, 0.1) is 28.0 Å². The Kier molecular flexibility index (Phi) is 12.7. The molecule has 2 heterocycles. The third-order valence-electron chi connectivity index (χ3n) is 6.60. The fourth-order valence-electron chi connectivity index (χ4n) is 4.60. The summed E-state index contributed by atoms with van der Waals surface area (Å²) in [6, 6.07) is 17.2. The molecule has 223 valence electrons. The SMILES string of the molecule is CCCCC(c1nc2ccccc2n1CCCC)c1nc2ccccc2n1CCCC.O=S(=O)(O)C(F)(F)F.[Cu+2]. The average Bonchev–Trinajstić information content (AvgIpc) is 3.44. The fraction of sp³-hybridized carbons (Fsp3) is 0.500. The van der Waals surface area contributed by atoms with Crippen LogP contribution in [0, 0.1) is 0 Å². The van der Waals surface area contributed by atoms with Crippen molar-refractivity contribution < 1.29 is 43.2 Å². The molecule has 2 aromatic heterocycles. The number of benzene rings is 2. The van der Waals surface area contributed by atoms with Crippen LogP contribution < -0.4 is 0 Å². The minimum Gasteiger partial charge on any atom is -0.327 e. The number of nitrogens with zero attached hydrogens (tertiary/aromatic N) is 4. The molecule has 0 atom stereocenters. The molecule has 7 nitrogen and oxygen atoms in total. The second-order valence-electron chi connectivity index (χ2n) is 9.54. The molecule has 4 aromatic rings. The van der Waals surface area contributed by atoms with E-state index in [1.165, 1.54) is 61.2 Å². The van der Waals surface area contributed by atoms with Crippen LogP contribution in [0.3, 0.4) is 0 Å². The summed E-state index contributed by atoms with van der Waals surface area (Å²) in [6.07, 6.45) is 8.14. The molecule has 40 heavy (non-hydrogen) atoms. The van der Waals surface area contributed by atoms with E-state index in [4.69, 9.17) is 22.9 Å². The standard InChI is InChI=1S/C27H36N4.CHF3O3S.Cu/c1-4-7-14-21(26-28-22-15-10-12-17-24(22)30(26)19-8-5-2)27-29-23-16-11-13-18-25(23)31(27)20-9-6-3;2-1(3,4)8(5,6)7;/h10-13,15-18,21H,4-9,14,19-20H2,1-3H3;(H,5,6,7);/q;;+2. The molecule has 0 aliphatic carbocycles. The second kappa shape index (κ2) is 15.0. The van der Waals surface area contributed by atoms with Gasteiger partial charge in [-0.15, -0.1) is 0 Å². The van der Waals surface area contributed by atoms with E-state index in [0.717, 1.165) is 30.5 Å². The Balaban J connectivity index is 0.000000546. The third kappa shape index (κ3) is 8.09. The van der Waals surface area contributed by atoms with Crippen molar-refractivity contribution in [2.75, 3.05) is 0 Å². The number of halogens is 3. The molecule has 1 N–H and O–H groups in total. The molecular weight excluding hydrogens is 593 g/mol. The first-order valence-corrected chi connectivity index (χ1v) is 14.9. The number of aromatic nitrogens is 4. The van der Waals surface area contributed by atoms with Crippen molar-refractivity contribution in [2.24, 2.45) is 0 Å². The Bertz CT molecular complexity index is 1380. The maximum atomic E-state index is 10.7. The van der Waals surface area contributed by atoms with Crippen molar-refractivity contribution in [2.45, 2.75) is 90.2 Å². The second-order valence-corrected chi connectivity index (χ2v) is 11.0. The summed E-state index contributed by atoms with van der Waals surface area (Å²) in [5.74, 6) is 2.60. The number of rotatable bonds is 11. The van der Waals surface area contributed by atoms with Crippen LogP contribution in [0.25, 0.3) is 22.1 Å². The number of unbranched alkanes of at least 4 members (excludes halogenated alkanes) is 3. The monoisotopic (exact) mass is 629 g/mol. The van der Waals surface area contributed by atoms with Gasteiger partial charge in [0.15, 0.2) is 0 Å². The molecule has 0 aliphatic rings. The Morgan fingerprint density at radius 1 is 0.775 bits per heavy atom. The maximum Gasteiger partial charge on any atom is 2.00 e. The topological polar surface area (TPSA) is 90.0 Å². The van der Waals surface area contributed by atoms with Gasteiger partial charge in [0, 0.05) is 13.1 Å². The van der Waals surface area contributed by atoms with E-state index in [9.17, 15) is 13.2 Å². The summed E-state index contributed by atoms with van der Waals surface area (Å²) >= 11 is 0. The number of fused-ring (bicyclic) bond motifs is 2. The Morgan fingerprint density at radius 2 is 1.15 bits per heavy atom. The fourth-order valence-corrected chi connectivity index (χ4v) is 4.60. The number of imidazole rings is 2. The zero-order valence-electron chi connectivity index (χ0n) is 23.0. The molecule has 0 unspecified atom stereocenters. The average molecular weight is 630 g/mol. The van der Waals surface area contributed by atoms with Crippen molar-refractivity contribution >= 4 is 32.2 Å². The zero-order chi connectivity index (χ0) is 28.6. The quantitative estimate of drug-likeness (QED) is 0.104. The van der Waals surface area contributed by atoms with Crippen molar-refractivity contribution in [3.05, 3.63) is 60.2 Å². The first-order chi connectivity index (χ1) is 18.5. The molecule has 1 radical (unpaired) electrons. The number of alkyl halides is 3. The number of hydrogen-bond donors (Lipinski definition) is 1. The van der Waals surface area contributed by atoms with Crippen LogP contribution in [0.2, 0.25) is 0 Å². The van der Waals surface area contributed by atoms with E-state index in [0.29, 0.717) is 0 Å². The first kappa shape index (κ1) is 33.8. The van der Waals surface area contributed by atoms with Crippen molar-refractivity contribution in [1.29, 1.82) is 0 Å². The largest absolute Gasteiger partial charge is 2.00 e. The summed E-state index contributed by atoms with van der Waals surface area (Å²) in [5, 5.41) is 0. The van der Waals surface area contributed by atoms with E-state index < -0.39 is 15.6 Å². The first-order valence-electron chi connectivity index (χ1n) is 13.5. The van der Waals surface area contributed by atoms with Crippen LogP contribution in [0.1, 0.15) is 83.3 Å². The van der Waals surface area contributed by atoms with Gasteiger partial charge in [0.2, 0.25) is 0 Å². The molecular formula is C28H37CuF3N4O3S+2. The summed E-state index contributed by atoms with van der Waals surface area (Å²) in [7, 11) is -5.84. The van der Waals surface area contributed by atoms with Crippen LogP contribution in [-0.2, 0) is 40.3 Å². The minimum atomic E-state index is -5.84. The number of hydrogen-bond acceptors (Lipinski definition) is 4. The summed E-state index contributed by atoms with van der Waals surface area (Å²) in [4.78, 5) is 10.4. The van der Waals surface area contributed by atoms with Crippen LogP contribution >= 0.6 is 0 Å². The molecule has 12 heteroatoms. The molecule has 4 rings (SSSR count). The zero-order valence-corrected chi connectivity index (χ0v) is 24.7. The summed E-state index contributed by atoms with van der Waals surface area (Å²) in [5.41, 5.74) is -0.822. The number of aryl methyl sites for hydroxylation is 2. The van der Waals surface area contributed by atoms with E-state index in [1.54, 1.807) is 0 Å². The van der Waals surface area contributed by atoms with Crippen LogP contribution in [-0.4, -0.2) is 37.6 Å². The molecule has 0 saturated carbocycles. The van der Waals surface area contributed by atoms with E-state index >= 15 is 0 Å². The smallest absolute Gasteiger partial charge is 0.327 e. The van der Waals surface area contributed by atoms with Crippen molar-refractivity contribution in [3.8, 4) is 0 Å². The van der Waals surface area contributed by atoms with Crippen LogP contribution in [0.4, 0.5) is 13.2 Å². The van der Waals surface area contributed by atoms with Gasteiger partial charge >= 0.3 is 32.7 Å². The van der Waals surface area contributed by atoms with Gasteiger partial charge in [-0.1, -0.05) is 70.7 Å². The van der Waals surface area contributed by atoms with Gasteiger partial charge < -0.3 is 9.13 Å². The van der Waals surface area contributed by atoms with Gasteiger partial charge in [0.25, 0.3) is 0 Å². The van der Waals surface area contributed by atoms with Gasteiger partial charge in [-0.25, -0.2) is 9.97 Å². The van der Waals surface area contributed by atoms with Crippen LogP contribution in [0.15, 0.2) is 48.5 Å². The number of para-hydroxylation sites is 4. The van der Waals surface area contributed by atoms with Gasteiger partial charge in [-0.05, 0) is 43.5 Å². The van der Waals surface area contributed by atoms with Crippen LogP contribution in [0.5, 0.6) is 0 Å². The Hall–Kier alpha value is -2.40. The predicted octanol–water partition coefficient (Wildman–Crippen LogP) is 7.70. The molecule has 0 fully saturated rings. The van der Waals surface area contributed by atoms with E-state index in [-0.39, 0.29) is 23.0 Å². The van der Waals surface area contributed by atoms with E-state index in [1.807, 2.05) is 0 Å². The van der Waals surface area contributed by atoms with Crippen molar-refractivity contribution in [3.63, 3.8) is 0 Å². The normalized spacial score (nSPS) is 12.0. The Labute approximate surface area is 244 Å². The molecule has 0 bridgehead atoms.